The van der Waals surface area contributed by atoms with Gasteiger partial charge >= 0.3 is 0 Å². The normalized spacial score (nSPS) is 10.5. The van der Waals surface area contributed by atoms with Gasteiger partial charge in [-0.05, 0) is 23.8 Å². The maximum Gasteiger partial charge on any atom is 0.241 e. The average Bonchev–Trinajstić information content (AvgIpc) is 2.47. The lowest BCUT2D eigenvalue weighted by Gasteiger charge is -2.07. The second kappa shape index (κ2) is 4.94. The van der Waals surface area contributed by atoms with Crippen molar-refractivity contribution in [3.63, 3.8) is 0 Å². The molecular weight excluding hydrogens is 238 g/mol. The number of rotatable bonds is 3. The number of fused-ring (bicyclic) bond motifs is 1. The minimum Gasteiger partial charge on any atom is -0.471 e. The molecule has 0 aliphatic carbocycles. The highest BCUT2D eigenvalue weighted by atomic mass is 16.5. The van der Waals surface area contributed by atoms with Crippen LogP contribution in [0.5, 0.6) is 5.88 Å². The molecule has 0 saturated heterocycles. The quantitative estimate of drug-likeness (QED) is 0.727. The number of nitrogens with zero attached hydrogens (tertiary/aromatic N) is 2. The van der Waals surface area contributed by atoms with E-state index in [1.54, 1.807) is 6.20 Å². The fraction of sp³-hybridized carbons (Fsp3) is 0.0667. The molecule has 4 heteroatoms. The van der Waals surface area contributed by atoms with Crippen LogP contribution in [-0.4, -0.2) is 10.2 Å². The van der Waals surface area contributed by atoms with Crippen molar-refractivity contribution in [2.75, 3.05) is 5.73 Å². The standard InChI is InChI=1S/C15H13N3O/c16-13-7-5-11(6-8-13)10-19-15-14-4-2-1-3-12(14)9-17-18-15/h1-9H,10,16H2. The first-order valence-electron chi connectivity index (χ1n) is 6.00. The van der Waals surface area contributed by atoms with Crippen LogP contribution in [0.4, 0.5) is 5.69 Å². The van der Waals surface area contributed by atoms with Gasteiger partial charge < -0.3 is 10.5 Å². The summed E-state index contributed by atoms with van der Waals surface area (Å²) in [7, 11) is 0. The van der Waals surface area contributed by atoms with E-state index in [0.29, 0.717) is 12.5 Å². The molecule has 0 fully saturated rings. The summed E-state index contributed by atoms with van der Waals surface area (Å²) in [5.74, 6) is 0.551. The first-order valence-corrected chi connectivity index (χ1v) is 6.00. The van der Waals surface area contributed by atoms with Gasteiger partial charge in [-0.25, -0.2) is 0 Å². The van der Waals surface area contributed by atoms with Crippen molar-refractivity contribution in [3.05, 3.63) is 60.3 Å². The number of aromatic nitrogens is 2. The highest BCUT2D eigenvalue weighted by Crippen LogP contribution is 2.22. The Balaban J connectivity index is 1.84. The first kappa shape index (κ1) is 11.5. The summed E-state index contributed by atoms with van der Waals surface area (Å²) in [6, 6.07) is 15.5. The molecular formula is C15H13N3O. The molecule has 0 aliphatic rings. The first-order chi connectivity index (χ1) is 9.33. The van der Waals surface area contributed by atoms with Crippen LogP contribution in [0.25, 0.3) is 10.8 Å². The molecule has 2 N–H and O–H groups in total. The highest BCUT2D eigenvalue weighted by Gasteiger charge is 2.04. The molecule has 0 bridgehead atoms. The van der Waals surface area contributed by atoms with Crippen molar-refractivity contribution >= 4 is 16.5 Å². The SMILES string of the molecule is Nc1ccc(COc2nncc3ccccc23)cc1. The molecule has 0 unspecified atom stereocenters. The Kier molecular flexibility index (Phi) is 2.98. The van der Waals surface area contributed by atoms with E-state index in [-0.39, 0.29) is 0 Å². The van der Waals surface area contributed by atoms with Crippen LogP contribution in [0.3, 0.4) is 0 Å². The van der Waals surface area contributed by atoms with E-state index in [4.69, 9.17) is 10.5 Å². The van der Waals surface area contributed by atoms with Crippen LogP contribution in [0.15, 0.2) is 54.7 Å². The number of hydrogen-bond acceptors (Lipinski definition) is 4. The van der Waals surface area contributed by atoms with Crippen LogP contribution in [0.2, 0.25) is 0 Å². The molecule has 0 radical (unpaired) electrons. The lowest BCUT2D eigenvalue weighted by atomic mass is 10.2. The molecule has 1 heterocycles. The number of hydrogen-bond donors (Lipinski definition) is 1. The predicted molar refractivity (Wildman–Crippen MR) is 74.7 cm³/mol. The zero-order valence-electron chi connectivity index (χ0n) is 10.3. The van der Waals surface area contributed by atoms with Crippen molar-refractivity contribution < 1.29 is 4.74 Å². The maximum atomic E-state index is 5.73. The number of nitrogens with two attached hydrogens (primary N) is 1. The molecule has 4 nitrogen and oxygen atoms in total. The molecule has 3 aromatic rings. The van der Waals surface area contributed by atoms with E-state index in [1.807, 2.05) is 48.5 Å². The Labute approximate surface area is 110 Å². The second-order valence-electron chi connectivity index (χ2n) is 4.27. The molecule has 1 aromatic heterocycles. The number of ether oxygens (including phenoxy) is 1. The van der Waals surface area contributed by atoms with Crippen LogP contribution < -0.4 is 10.5 Å². The molecule has 2 aromatic carbocycles. The van der Waals surface area contributed by atoms with E-state index in [0.717, 1.165) is 22.0 Å². The maximum absolute atomic E-state index is 5.73. The summed E-state index contributed by atoms with van der Waals surface area (Å²) in [4.78, 5) is 0. The van der Waals surface area contributed by atoms with Gasteiger partial charge in [0.15, 0.2) is 0 Å². The summed E-state index contributed by atoms with van der Waals surface area (Å²) in [5.41, 5.74) is 7.43. The van der Waals surface area contributed by atoms with Crippen molar-refractivity contribution in [1.29, 1.82) is 0 Å². The lowest BCUT2D eigenvalue weighted by Crippen LogP contribution is -1.99. The largest absolute Gasteiger partial charge is 0.471 e. The van der Waals surface area contributed by atoms with Gasteiger partial charge in [0.05, 0.1) is 6.20 Å². The summed E-state index contributed by atoms with van der Waals surface area (Å²) < 4.78 is 5.73. The van der Waals surface area contributed by atoms with Crippen molar-refractivity contribution in [2.24, 2.45) is 0 Å². The van der Waals surface area contributed by atoms with E-state index in [2.05, 4.69) is 10.2 Å². The van der Waals surface area contributed by atoms with Crippen LogP contribution in [0, 0.1) is 0 Å². The Bertz CT molecular complexity index is 690. The summed E-state index contributed by atoms with van der Waals surface area (Å²) in [6.07, 6.45) is 1.73. The molecule has 19 heavy (non-hydrogen) atoms. The van der Waals surface area contributed by atoms with Gasteiger partial charge in [0, 0.05) is 16.5 Å². The Morgan fingerprint density at radius 1 is 1.00 bits per heavy atom. The average molecular weight is 251 g/mol. The third kappa shape index (κ3) is 2.47. The predicted octanol–water partition coefficient (Wildman–Crippen LogP) is 2.79. The fourth-order valence-corrected chi connectivity index (χ4v) is 1.87. The van der Waals surface area contributed by atoms with Crippen molar-refractivity contribution in [3.8, 4) is 5.88 Å². The zero-order chi connectivity index (χ0) is 13.1. The monoisotopic (exact) mass is 251 g/mol. The van der Waals surface area contributed by atoms with Crippen LogP contribution >= 0.6 is 0 Å². The summed E-state index contributed by atoms with van der Waals surface area (Å²) >= 11 is 0. The molecule has 0 amide bonds. The van der Waals surface area contributed by atoms with Gasteiger partial charge in [-0.1, -0.05) is 30.3 Å². The summed E-state index contributed by atoms with van der Waals surface area (Å²) in [5, 5.41) is 9.97. The smallest absolute Gasteiger partial charge is 0.241 e. The Morgan fingerprint density at radius 3 is 2.63 bits per heavy atom. The van der Waals surface area contributed by atoms with Crippen molar-refractivity contribution in [2.45, 2.75) is 6.61 Å². The Morgan fingerprint density at radius 2 is 1.79 bits per heavy atom. The molecule has 0 atom stereocenters. The van der Waals surface area contributed by atoms with Gasteiger partial charge in [-0.15, -0.1) is 5.10 Å². The molecule has 3 rings (SSSR count). The number of nitrogen functional groups attached to an aromatic ring is 1. The number of benzene rings is 2. The highest BCUT2D eigenvalue weighted by molar-refractivity contribution is 5.85. The topological polar surface area (TPSA) is 61.0 Å². The third-order valence-corrected chi connectivity index (χ3v) is 2.89. The van der Waals surface area contributed by atoms with E-state index < -0.39 is 0 Å². The Hall–Kier alpha value is -2.62. The van der Waals surface area contributed by atoms with E-state index in [1.165, 1.54) is 0 Å². The van der Waals surface area contributed by atoms with Crippen LogP contribution in [0.1, 0.15) is 5.56 Å². The van der Waals surface area contributed by atoms with Gasteiger partial charge in [-0.3, -0.25) is 0 Å². The second-order valence-corrected chi connectivity index (χ2v) is 4.27. The van der Waals surface area contributed by atoms with Crippen molar-refractivity contribution in [1.82, 2.24) is 10.2 Å². The molecule has 0 saturated carbocycles. The summed E-state index contributed by atoms with van der Waals surface area (Å²) in [6.45, 7) is 0.447. The minimum atomic E-state index is 0.447. The molecule has 94 valence electrons. The van der Waals surface area contributed by atoms with Gasteiger partial charge in [0.25, 0.3) is 0 Å². The third-order valence-electron chi connectivity index (χ3n) is 2.89. The van der Waals surface area contributed by atoms with Gasteiger partial charge in [0.2, 0.25) is 5.88 Å². The lowest BCUT2D eigenvalue weighted by molar-refractivity contribution is 0.294. The molecule has 0 aliphatic heterocycles. The minimum absolute atomic E-state index is 0.447. The number of anilines is 1. The van der Waals surface area contributed by atoms with E-state index >= 15 is 0 Å². The zero-order valence-corrected chi connectivity index (χ0v) is 10.3. The van der Waals surface area contributed by atoms with Crippen LogP contribution in [-0.2, 0) is 6.61 Å². The molecule has 0 spiro atoms. The van der Waals surface area contributed by atoms with Gasteiger partial charge in [0.1, 0.15) is 6.61 Å². The van der Waals surface area contributed by atoms with E-state index in [9.17, 15) is 0 Å². The van der Waals surface area contributed by atoms with Gasteiger partial charge in [-0.2, -0.15) is 5.10 Å². The fourth-order valence-electron chi connectivity index (χ4n) is 1.87.